The maximum atomic E-state index is 11.5. The van der Waals surface area contributed by atoms with Gasteiger partial charge >= 0.3 is 0 Å². The number of rotatable bonds is 4. The second-order valence-electron chi connectivity index (χ2n) is 7.52. The molecule has 1 aromatic carbocycles. The number of carbonyl (C=O) groups is 1. The van der Waals surface area contributed by atoms with Crippen LogP contribution < -0.4 is 15.1 Å². The molecule has 2 aliphatic rings. The lowest BCUT2D eigenvalue weighted by atomic mass is 10.2. The van der Waals surface area contributed by atoms with E-state index in [1.807, 2.05) is 17.9 Å². The third kappa shape index (κ3) is 4.18. The van der Waals surface area contributed by atoms with Crippen LogP contribution in [0.15, 0.2) is 30.3 Å². The van der Waals surface area contributed by atoms with Gasteiger partial charge < -0.3 is 20.0 Å². The summed E-state index contributed by atoms with van der Waals surface area (Å²) in [4.78, 5) is 27.2. The molecule has 1 N–H and O–H groups in total. The number of nitrogens with zero attached hydrogens (tertiary/aromatic N) is 5. The van der Waals surface area contributed by atoms with Crippen LogP contribution in [0.2, 0.25) is 0 Å². The van der Waals surface area contributed by atoms with Crippen LogP contribution in [-0.4, -0.2) is 60.0 Å². The molecule has 148 valence electrons. The molecule has 0 spiro atoms. The van der Waals surface area contributed by atoms with Crippen LogP contribution in [0.1, 0.15) is 25.6 Å². The van der Waals surface area contributed by atoms with Gasteiger partial charge in [-0.2, -0.15) is 0 Å². The van der Waals surface area contributed by atoms with Crippen molar-refractivity contribution in [3.63, 3.8) is 0 Å². The predicted molar refractivity (Wildman–Crippen MR) is 112 cm³/mol. The lowest BCUT2D eigenvalue weighted by Crippen LogP contribution is -2.48. The standard InChI is InChI=1S/C21H28N6O/c1-16-22-20(15-21(23-16)27-13-11-25(12-14-27)17(2)28)24-18-5-7-19(8-6-18)26-9-3-4-10-26/h5-8,15H,3-4,9-14H2,1-2H3,(H,22,23,24). The number of hydrogen-bond donors (Lipinski definition) is 1. The number of piperazine rings is 1. The Morgan fingerprint density at radius 3 is 2.25 bits per heavy atom. The van der Waals surface area contributed by atoms with E-state index in [-0.39, 0.29) is 5.91 Å². The van der Waals surface area contributed by atoms with Gasteiger partial charge in [-0.05, 0) is 44.0 Å². The molecule has 1 aromatic heterocycles. The lowest BCUT2D eigenvalue weighted by Gasteiger charge is -2.35. The van der Waals surface area contributed by atoms with Crippen molar-refractivity contribution in [2.45, 2.75) is 26.7 Å². The molecule has 2 fully saturated rings. The molecule has 4 rings (SSSR count). The Bertz CT molecular complexity index is 823. The van der Waals surface area contributed by atoms with Gasteiger partial charge in [0.2, 0.25) is 5.91 Å². The molecule has 0 saturated carbocycles. The summed E-state index contributed by atoms with van der Waals surface area (Å²) < 4.78 is 0. The highest BCUT2D eigenvalue weighted by Crippen LogP contribution is 2.25. The fourth-order valence-corrected chi connectivity index (χ4v) is 3.91. The zero-order valence-corrected chi connectivity index (χ0v) is 16.7. The third-order valence-corrected chi connectivity index (χ3v) is 5.48. The van der Waals surface area contributed by atoms with Crippen LogP contribution >= 0.6 is 0 Å². The average molecular weight is 380 g/mol. The van der Waals surface area contributed by atoms with E-state index in [1.54, 1.807) is 6.92 Å². The molecular weight excluding hydrogens is 352 g/mol. The number of anilines is 4. The second kappa shape index (κ2) is 8.04. The highest BCUT2D eigenvalue weighted by molar-refractivity contribution is 5.73. The maximum Gasteiger partial charge on any atom is 0.219 e. The van der Waals surface area contributed by atoms with Crippen molar-refractivity contribution in [2.24, 2.45) is 0 Å². The van der Waals surface area contributed by atoms with Gasteiger partial charge in [0.15, 0.2) is 0 Å². The SMILES string of the molecule is CC(=O)N1CCN(c2cc(Nc3ccc(N4CCCC4)cc3)nc(C)n2)CC1. The first kappa shape index (κ1) is 18.5. The summed E-state index contributed by atoms with van der Waals surface area (Å²) in [6.07, 6.45) is 2.56. The summed E-state index contributed by atoms with van der Waals surface area (Å²) >= 11 is 0. The van der Waals surface area contributed by atoms with Crippen molar-refractivity contribution in [3.05, 3.63) is 36.2 Å². The van der Waals surface area contributed by atoms with E-state index in [9.17, 15) is 4.79 Å². The predicted octanol–water partition coefficient (Wildman–Crippen LogP) is 2.80. The molecule has 0 atom stereocenters. The van der Waals surface area contributed by atoms with Gasteiger partial charge in [0, 0.05) is 63.6 Å². The number of carbonyl (C=O) groups excluding carboxylic acids is 1. The minimum Gasteiger partial charge on any atom is -0.372 e. The Hall–Kier alpha value is -2.83. The van der Waals surface area contributed by atoms with E-state index in [1.165, 1.54) is 18.5 Å². The topological polar surface area (TPSA) is 64.6 Å². The molecule has 1 amide bonds. The molecule has 2 saturated heterocycles. The van der Waals surface area contributed by atoms with Crippen LogP contribution in [0.4, 0.5) is 23.0 Å². The van der Waals surface area contributed by atoms with Crippen molar-refractivity contribution in [2.75, 3.05) is 54.4 Å². The Morgan fingerprint density at radius 1 is 0.929 bits per heavy atom. The number of aryl methyl sites for hydroxylation is 1. The first-order chi connectivity index (χ1) is 13.6. The zero-order chi connectivity index (χ0) is 19.5. The number of amides is 1. The zero-order valence-electron chi connectivity index (χ0n) is 16.7. The van der Waals surface area contributed by atoms with E-state index < -0.39 is 0 Å². The first-order valence-corrected chi connectivity index (χ1v) is 10.1. The van der Waals surface area contributed by atoms with Gasteiger partial charge in [-0.1, -0.05) is 0 Å². The van der Waals surface area contributed by atoms with E-state index in [0.29, 0.717) is 0 Å². The molecule has 0 unspecified atom stereocenters. The molecule has 7 nitrogen and oxygen atoms in total. The first-order valence-electron chi connectivity index (χ1n) is 10.1. The van der Waals surface area contributed by atoms with E-state index in [2.05, 4.69) is 49.4 Å². The van der Waals surface area contributed by atoms with Crippen molar-refractivity contribution < 1.29 is 4.79 Å². The van der Waals surface area contributed by atoms with Gasteiger partial charge in [0.25, 0.3) is 0 Å². The molecule has 0 aliphatic carbocycles. The van der Waals surface area contributed by atoms with E-state index in [4.69, 9.17) is 0 Å². The molecule has 0 radical (unpaired) electrons. The number of hydrogen-bond acceptors (Lipinski definition) is 6. The highest BCUT2D eigenvalue weighted by atomic mass is 16.2. The van der Waals surface area contributed by atoms with Gasteiger partial charge in [0.05, 0.1) is 0 Å². The average Bonchev–Trinajstić information content (AvgIpc) is 3.23. The molecule has 0 bridgehead atoms. The number of nitrogens with one attached hydrogen (secondary N) is 1. The fraction of sp³-hybridized carbons (Fsp3) is 0.476. The largest absolute Gasteiger partial charge is 0.372 e. The van der Waals surface area contributed by atoms with Gasteiger partial charge in [-0.15, -0.1) is 0 Å². The Kier molecular flexibility index (Phi) is 5.32. The Morgan fingerprint density at radius 2 is 1.61 bits per heavy atom. The van der Waals surface area contributed by atoms with Crippen LogP contribution in [-0.2, 0) is 4.79 Å². The summed E-state index contributed by atoms with van der Waals surface area (Å²) in [5.41, 5.74) is 2.30. The van der Waals surface area contributed by atoms with Gasteiger partial charge in [0.1, 0.15) is 17.5 Å². The Labute approximate surface area is 166 Å². The van der Waals surface area contributed by atoms with E-state index in [0.717, 1.165) is 62.4 Å². The molecule has 2 aliphatic heterocycles. The summed E-state index contributed by atoms with van der Waals surface area (Å²) in [7, 11) is 0. The molecule has 7 heteroatoms. The second-order valence-corrected chi connectivity index (χ2v) is 7.52. The van der Waals surface area contributed by atoms with Crippen LogP contribution in [0.25, 0.3) is 0 Å². The molecule has 2 aromatic rings. The van der Waals surface area contributed by atoms with Crippen molar-refractivity contribution in [1.82, 2.24) is 14.9 Å². The van der Waals surface area contributed by atoms with Crippen LogP contribution in [0.5, 0.6) is 0 Å². The summed E-state index contributed by atoms with van der Waals surface area (Å²) in [6, 6.07) is 10.5. The third-order valence-electron chi connectivity index (χ3n) is 5.48. The van der Waals surface area contributed by atoms with Crippen molar-refractivity contribution in [3.8, 4) is 0 Å². The number of aromatic nitrogens is 2. The summed E-state index contributed by atoms with van der Waals surface area (Å²) in [5.74, 6) is 2.58. The lowest BCUT2D eigenvalue weighted by molar-refractivity contribution is -0.129. The monoisotopic (exact) mass is 380 g/mol. The fourth-order valence-electron chi connectivity index (χ4n) is 3.91. The quantitative estimate of drug-likeness (QED) is 0.880. The van der Waals surface area contributed by atoms with E-state index >= 15 is 0 Å². The molecule has 3 heterocycles. The normalized spacial score (nSPS) is 17.1. The minimum atomic E-state index is 0.137. The van der Waals surface area contributed by atoms with Gasteiger partial charge in [-0.25, -0.2) is 9.97 Å². The van der Waals surface area contributed by atoms with Crippen molar-refractivity contribution in [1.29, 1.82) is 0 Å². The highest BCUT2D eigenvalue weighted by Gasteiger charge is 2.20. The maximum absolute atomic E-state index is 11.5. The molecular formula is C21H28N6O. The Balaban J connectivity index is 1.44. The van der Waals surface area contributed by atoms with Gasteiger partial charge in [-0.3, -0.25) is 4.79 Å². The van der Waals surface area contributed by atoms with Crippen LogP contribution in [0, 0.1) is 6.92 Å². The minimum absolute atomic E-state index is 0.137. The summed E-state index contributed by atoms with van der Waals surface area (Å²) in [5, 5.41) is 3.41. The van der Waals surface area contributed by atoms with Crippen molar-refractivity contribution >= 4 is 28.9 Å². The molecule has 28 heavy (non-hydrogen) atoms. The summed E-state index contributed by atoms with van der Waals surface area (Å²) in [6.45, 7) is 8.90. The number of benzene rings is 1. The smallest absolute Gasteiger partial charge is 0.219 e. The van der Waals surface area contributed by atoms with Crippen LogP contribution in [0.3, 0.4) is 0 Å².